The van der Waals surface area contributed by atoms with Gasteiger partial charge in [0.25, 0.3) is 10.0 Å². The molecular weight excluding hydrogens is 530 g/mol. The van der Waals surface area contributed by atoms with Crippen LogP contribution in [0.1, 0.15) is 31.9 Å². The van der Waals surface area contributed by atoms with Crippen molar-refractivity contribution in [3.63, 3.8) is 0 Å². The Morgan fingerprint density at radius 1 is 0.950 bits per heavy atom. The van der Waals surface area contributed by atoms with Gasteiger partial charge in [0.2, 0.25) is 11.8 Å². The van der Waals surface area contributed by atoms with E-state index in [1.807, 2.05) is 6.92 Å². The third kappa shape index (κ3) is 7.32. The number of hydrogen-bond acceptors (Lipinski definition) is 6. The van der Waals surface area contributed by atoms with Crippen LogP contribution in [-0.2, 0) is 26.2 Å². The summed E-state index contributed by atoms with van der Waals surface area (Å²) in [5, 5.41) is 2.75. The smallest absolute Gasteiger partial charge is 0.264 e. The molecule has 0 aliphatic rings. The molecule has 0 saturated carbocycles. The zero-order valence-corrected chi connectivity index (χ0v) is 24.4. The summed E-state index contributed by atoms with van der Waals surface area (Å²) < 4.78 is 40.0. The minimum atomic E-state index is -4.19. The topological polar surface area (TPSA) is 105 Å². The minimum absolute atomic E-state index is 0.0377. The van der Waals surface area contributed by atoms with Gasteiger partial charge < -0.3 is 19.7 Å². The molecule has 0 aliphatic carbocycles. The predicted octanol–water partition coefficient (Wildman–Crippen LogP) is 4.15. The number of ether oxygens (including phenoxy) is 2. The number of carbonyl (C=O) groups excluding carboxylic acids is 2. The second-order valence-corrected chi connectivity index (χ2v) is 11.0. The number of nitrogens with one attached hydrogen (secondary N) is 1. The molecule has 0 bridgehead atoms. The molecule has 0 heterocycles. The molecule has 3 rings (SSSR count). The molecule has 1 atom stereocenters. The minimum Gasteiger partial charge on any atom is -0.497 e. The first-order valence-electron chi connectivity index (χ1n) is 13.1. The van der Waals surface area contributed by atoms with Crippen molar-refractivity contribution in [1.82, 2.24) is 10.2 Å². The first-order chi connectivity index (χ1) is 19.1. The third-order valence-corrected chi connectivity index (χ3v) is 8.13. The number of nitrogens with zero attached hydrogens (tertiary/aromatic N) is 2. The molecule has 0 radical (unpaired) electrons. The van der Waals surface area contributed by atoms with Crippen molar-refractivity contribution >= 4 is 27.5 Å². The largest absolute Gasteiger partial charge is 0.497 e. The highest BCUT2D eigenvalue weighted by Crippen LogP contribution is 2.33. The van der Waals surface area contributed by atoms with Crippen LogP contribution in [0.5, 0.6) is 11.5 Å². The summed E-state index contributed by atoms with van der Waals surface area (Å²) >= 11 is 0. The zero-order chi connectivity index (χ0) is 29.3. The van der Waals surface area contributed by atoms with E-state index >= 15 is 0 Å². The molecule has 0 spiro atoms. The lowest BCUT2D eigenvalue weighted by atomic mass is 10.1. The molecule has 1 N–H and O–H groups in total. The van der Waals surface area contributed by atoms with Crippen LogP contribution in [0, 0.1) is 6.92 Å². The Hall–Kier alpha value is -4.05. The second-order valence-electron chi connectivity index (χ2n) is 9.17. The third-order valence-electron chi connectivity index (χ3n) is 6.35. The summed E-state index contributed by atoms with van der Waals surface area (Å²) in [6, 6.07) is 19.4. The van der Waals surface area contributed by atoms with E-state index in [9.17, 15) is 18.0 Å². The van der Waals surface area contributed by atoms with Crippen LogP contribution in [0.2, 0.25) is 0 Å². The van der Waals surface area contributed by atoms with Crippen LogP contribution < -0.4 is 19.1 Å². The molecule has 0 aliphatic heterocycles. The monoisotopic (exact) mass is 567 g/mol. The van der Waals surface area contributed by atoms with Gasteiger partial charge in [-0.2, -0.15) is 0 Å². The Morgan fingerprint density at radius 2 is 1.60 bits per heavy atom. The normalized spacial score (nSPS) is 11.8. The highest BCUT2D eigenvalue weighted by molar-refractivity contribution is 7.92. The average molecular weight is 568 g/mol. The van der Waals surface area contributed by atoms with E-state index in [1.165, 1.54) is 17.0 Å². The maximum Gasteiger partial charge on any atom is 0.264 e. The summed E-state index contributed by atoms with van der Waals surface area (Å²) in [5.41, 5.74) is 1.89. The number of methoxy groups -OCH3 is 1. The lowest BCUT2D eigenvalue weighted by Crippen LogP contribution is -2.51. The van der Waals surface area contributed by atoms with Gasteiger partial charge in [-0.15, -0.1) is 0 Å². The van der Waals surface area contributed by atoms with Crippen LogP contribution in [0.3, 0.4) is 0 Å². The molecule has 9 nitrogen and oxygen atoms in total. The number of carbonyl (C=O) groups is 2. The number of benzene rings is 3. The van der Waals surface area contributed by atoms with Crippen molar-refractivity contribution in [2.24, 2.45) is 0 Å². The van der Waals surface area contributed by atoms with Gasteiger partial charge in [-0.1, -0.05) is 42.0 Å². The van der Waals surface area contributed by atoms with Gasteiger partial charge >= 0.3 is 0 Å². The number of anilines is 1. The van der Waals surface area contributed by atoms with E-state index in [0.717, 1.165) is 15.4 Å². The van der Waals surface area contributed by atoms with Crippen LogP contribution >= 0.6 is 0 Å². The molecule has 214 valence electrons. The van der Waals surface area contributed by atoms with Crippen LogP contribution in [0.25, 0.3) is 0 Å². The number of para-hydroxylation sites is 2. The molecule has 0 saturated heterocycles. The van der Waals surface area contributed by atoms with E-state index in [1.54, 1.807) is 88.5 Å². The lowest BCUT2D eigenvalue weighted by Gasteiger charge is -2.32. The SMILES string of the molecule is CCNC(=O)[C@@H](C)N(Cc1ccc(OC)cc1)C(=O)CN(c1ccccc1OCC)S(=O)(=O)c1ccc(C)cc1. The van der Waals surface area contributed by atoms with Crippen molar-refractivity contribution in [3.8, 4) is 11.5 Å². The molecule has 3 aromatic rings. The van der Waals surface area contributed by atoms with Crippen LogP contribution in [0.4, 0.5) is 5.69 Å². The van der Waals surface area contributed by atoms with E-state index in [0.29, 0.717) is 24.7 Å². The average Bonchev–Trinajstić information content (AvgIpc) is 2.95. The van der Waals surface area contributed by atoms with E-state index in [2.05, 4.69) is 5.32 Å². The van der Waals surface area contributed by atoms with Gasteiger partial charge in [-0.05, 0) is 69.7 Å². The van der Waals surface area contributed by atoms with Gasteiger partial charge in [-0.3, -0.25) is 13.9 Å². The number of amides is 2. The van der Waals surface area contributed by atoms with Gasteiger partial charge in [-0.25, -0.2) is 8.42 Å². The number of hydrogen-bond donors (Lipinski definition) is 1. The highest BCUT2D eigenvalue weighted by Gasteiger charge is 2.33. The fourth-order valence-corrected chi connectivity index (χ4v) is 5.55. The van der Waals surface area contributed by atoms with Crippen molar-refractivity contribution in [2.45, 2.75) is 45.2 Å². The second kappa shape index (κ2) is 13.8. The summed E-state index contributed by atoms with van der Waals surface area (Å²) in [4.78, 5) is 28.2. The van der Waals surface area contributed by atoms with Gasteiger partial charge in [0.1, 0.15) is 24.1 Å². The Balaban J connectivity index is 2.07. The molecule has 10 heteroatoms. The summed E-state index contributed by atoms with van der Waals surface area (Å²) in [6.45, 7) is 7.32. The fraction of sp³-hybridized carbons (Fsp3) is 0.333. The number of likely N-dealkylation sites (N-methyl/N-ethyl adjacent to an activating group) is 1. The van der Waals surface area contributed by atoms with Gasteiger partial charge in [0.05, 0.1) is 24.3 Å². The Morgan fingerprint density at radius 3 is 2.20 bits per heavy atom. The lowest BCUT2D eigenvalue weighted by molar-refractivity contribution is -0.139. The van der Waals surface area contributed by atoms with Crippen molar-refractivity contribution < 1.29 is 27.5 Å². The summed E-state index contributed by atoms with van der Waals surface area (Å²) in [6.07, 6.45) is 0. The Bertz CT molecular complexity index is 1390. The first kappa shape index (κ1) is 30.5. The zero-order valence-electron chi connectivity index (χ0n) is 23.6. The van der Waals surface area contributed by atoms with Gasteiger partial charge in [0.15, 0.2) is 0 Å². The molecule has 40 heavy (non-hydrogen) atoms. The summed E-state index contributed by atoms with van der Waals surface area (Å²) in [7, 11) is -2.63. The standard InChI is InChI=1S/C30H37N3O6S/c1-6-31-30(35)23(4)32(20-24-14-16-25(38-5)17-15-24)29(34)21-33(27-10-8-9-11-28(27)39-7-2)40(36,37)26-18-12-22(3)13-19-26/h8-19,23H,6-7,20-21H2,1-5H3,(H,31,35)/t23-/m1/s1. The quantitative estimate of drug-likeness (QED) is 0.333. The molecule has 0 unspecified atom stereocenters. The fourth-order valence-electron chi connectivity index (χ4n) is 4.12. The van der Waals surface area contributed by atoms with Crippen LogP contribution in [-0.4, -0.2) is 58.0 Å². The molecule has 3 aromatic carbocycles. The first-order valence-corrected chi connectivity index (χ1v) is 14.6. The van der Waals surface area contributed by atoms with Crippen LogP contribution in [0.15, 0.2) is 77.7 Å². The predicted molar refractivity (Wildman–Crippen MR) is 155 cm³/mol. The van der Waals surface area contributed by atoms with Crippen molar-refractivity contribution in [2.75, 3.05) is 31.1 Å². The van der Waals surface area contributed by atoms with Crippen molar-refractivity contribution in [3.05, 3.63) is 83.9 Å². The number of sulfonamides is 1. The maximum absolute atomic E-state index is 14.0. The number of aryl methyl sites for hydroxylation is 1. The molecule has 2 amide bonds. The number of rotatable bonds is 13. The maximum atomic E-state index is 14.0. The van der Waals surface area contributed by atoms with E-state index in [4.69, 9.17) is 9.47 Å². The molecular formula is C30H37N3O6S. The molecule has 0 fully saturated rings. The van der Waals surface area contributed by atoms with Gasteiger partial charge in [0, 0.05) is 13.1 Å². The van der Waals surface area contributed by atoms with E-state index < -0.39 is 28.5 Å². The Kier molecular flexibility index (Phi) is 10.6. The van der Waals surface area contributed by atoms with E-state index in [-0.39, 0.29) is 23.0 Å². The summed E-state index contributed by atoms with van der Waals surface area (Å²) in [5.74, 6) is 0.0943. The van der Waals surface area contributed by atoms with Crippen molar-refractivity contribution in [1.29, 1.82) is 0 Å². The highest BCUT2D eigenvalue weighted by atomic mass is 32.2. The molecule has 0 aromatic heterocycles. The Labute approximate surface area is 236 Å².